The second-order valence-electron chi connectivity index (χ2n) is 6.43. The number of hydrogen-bond acceptors (Lipinski definition) is 1. The zero-order chi connectivity index (χ0) is 11.5. The minimum atomic E-state index is -2.45. The minimum Gasteiger partial charge on any atom is -0.299 e. The molecule has 2 aliphatic rings. The van der Waals surface area contributed by atoms with E-state index in [0.717, 1.165) is 0 Å². The van der Waals surface area contributed by atoms with Gasteiger partial charge < -0.3 is 0 Å². The lowest BCUT2D eigenvalue weighted by Crippen LogP contribution is -2.56. The van der Waals surface area contributed by atoms with Crippen molar-refractivity contribution in [3.8, 4) is 0 Å². The molecule has 0 aromatic heterocycles. The number of carbonyl (C=O) groups is 1. The van der Waals surface area contributed by atoms with Gasteiger partial charge in [-0.25, -0.2) is 8.78 Å². The highest BCUT2D eigenvalue weighted by molar-refractivity contribution is 5.86. The van der Waals surface area contributed by atoms with Crippen molar-refractivity contribution >= 4 is 5.78 Å². The normalized spacial score (nSPS) is 28.3. The summed E-state index contributed by atoms with van der Waals surface area (Å²) in [6.07, 6.45) is 1.40. The van der Waals surface area contributed by atoms with Crippen LogP contribution in [-0.2, 0) is 4.79 Å². The molecule has 15 heavy (non-hydrogen) atoms. The Balaban J connectivity index is 1.87. The lowest BCUT2D eigenvalue weighted by atomic mass is 9.48. The van der Waals surface area contributed by atoms with Gasteiger partial charge in [0.25, 0.3) is 0 Å². The van der Waals surface area contributed by atoms with E-state index in [4.69, 9.17) is 0 Å². The summed E-state index contributed by atoms with van der Waals surface area (Å²) in [6.45, 7) is 5.70. The standard InChI is InChI=1S/C12H18F2O/c1-10(2,3)9(15)8-4-11(5-8)6-12(13,14)7-11/h8H,4-7H2,1-3H3. The summed E-state index contributed by atoms with van der Waals surface area (Å²) in [4.78, 5) is 11.8. The number of Topliss-reactive ketones (excluding diaryl/α,β-unsaturated/α-hetero) is 1. The fourth-order valence-electron chi connectivity index (χ4n) is 3.12. The molecular weight excluding hydrogens is 198 g/mol. The summed E-state index contributed by atoms with van der Waals surface area (Å²) in [5.41, 5.74) is -0.492. The van der Waals surface area contributed by atoms with E-state index in [9.17, 15) is 13.6 Å². The molecule has 0 unspecified atom stereocenters. The van der Waals surface area contributed by atoms with Gasteiger partial charge >= 0.3 is 0 Å². The lowest BCUT2D eigenvalue weighted by molar-refractivity contribution is -0.208. The largest absolute Gasteiger partial charge is 0.299 e. The maximum Gasteiger partial charge on any atom is 0.249 e. The Kier molecular flexibility index (Phi) is 2.06. The molecule has 0 N–H and O–H groups in total. The van der Waals surface area contributed by atoms with Crippen LogP contribution in [0.5, 0.6) is 0 Å². The zero-order valence-electron chi connectivity index (χ0n) is 9.57. The fraction of sp³-hybridized carbons (Fsp3) is 0.917. The number of ketones is 1. The molecule has 0 bridgehead atoms. The van der Waals surface area contributed by atoms with Crippen LogP contribution >= 0.6 is 0 Å². The van der Waals surface area contributed by atoms with Gasteiger partial charge in [-0.3, -0.25) is 4.79 Å². The molecule has 2 aliphatic carbocycles. The van der Waals surface area contributed by atoms with Crippen LogP contribution in [0.25, 0.3) is 0 Å². The van der Waals surface area contributed by atoms with E-state index < -0.39 is 5.92 Å². The van der Waals surface area contributed by atoms with Crippen LogP contribution in [0.2, 0.25) is 0 Å². The second kappa shape index (κ2) is 2.80. The van der Waals surface area contributed by atoms with E-state index in [-0.39, 0.29) is 35.4 Å². The Hall–Kier alpha value is -0.470. The van der Waals surface area contributed by atoms with E-state index in [0.29, 0.717) is 12.8 Å². The topological polar surface area (TPSA) is 17.1 Å². The summed E-state index contributed by atoms with van der Waals surface area (Å²) < 4.78 is 25.5. The second-order valence-corrected chi connectivity index (χ2v) is 6.43. The van der Waals surface area contributed by atoms with Crippen LogP contribution in [0.1, 0.15) is 46.5 Å². The van der Waals surface area contributed by atoms with E-state index in [2.05, 4.69) is 0 Å². The summed E-state index contributed by atoms with van der Waals surface area (Å²) in [5.74, 6) is -2.17. The molecule has 0 heterocycles. The van der Waals surface area contributed by atoms with Gasteiger partial charge in [0, 0.05) is 24.2 Å². The first-order valence-electron chi connectivity index (χ1n) is 5.56. The van der Waals surface area contributed by atoms with Gasteiger partial charge in [0.15, 0.2) is 0 Å². The minimum absolute atomic E-state index is 0.00786. The number of carbonyl (C=O) groups excluding carboxylic acids is 1. The smallest absolute Gasteiger partial charge is 0.249 e. The molecule has 0 radical (unpaired) electrons. The monoisotopic (exact) mass is 216 g/mol. The van der Waals surface area contributed by atoms with Crippen molar-refractivity contribution < 1.29 is 13.6 Å². The maximum atomic E-state index is 12.7. The van der Waals surface area contributed by atoms with Gasteiger partial charge in [-0.15, -0.1) is 0 Å². The van der Waals surface area contributed by atoms with Crippen molar-refractivity contribution in [1.29, 1.82) is 0 Å². The third-order valence-electron chi connectivity index (χ3n) is 3.74. The molecule has 0 atom stereocenters. The molecule has 0 saturated heterocycles. The zero-order valence-corrected chi connectivity index (χ0v) is 9.57. The molecule has 1 nitrogen and oxygen atoms in total. The molecule has 3 heteroatoms. The Morgan fingerprint density at radius 3 is 2.00 bits per heavy atom. The van der Waals surface area contributed by atoms with Gasteiger partial charge in [0.05, 0.1) is 0 Å². The highest BCUT2D eigenvalue weighted by Gasteiger charge is 2.63. The summed E-state index contributed by atoms with van der Waals surface area (Å²) in [6, 6.07) is 0. The first-order valence-corrected chi connectivity index (χ1v) is 5.56. The van der Waals surface area contributed by atoms with Crippen molar-refractivity contribution in [3.63, 3.8) is 0 Å². The van der Waals surface area contributed by atoms with Crippen LogP contribution in [0.15, 0.2) is 0 Å². The van der Waals surface area contributed by atoms with Gasteiger partial charge in [-0.1, -0.05) is 20.8 Å². The van der Waals surface area contributed by atoms with Gasteiger partial charge in [-0.2, -0.15) is 0 Å². The third kappa shape index (κ3) is 1.81. The number of rotatable bonds is 1. The van der Waals surface area contributed by atoms with Crippen LogP contribution in [-0.4, -0.2) is 11.7 Å². The van der Waals surface area contributed by atoms with Crippen molar-refractivity contribution in [2.24, 2.45) is 16.7 Å². The van der Waals surface area contributed by atoms with Crippen LogP contribution in [0.4, 0.5) is 8.78 Å². The number of halogens is 2. The molecule has 2 fully saturated rings. The molecule has 2 saturated carbocycles. The average molecular weight is 216 g/mol. The summed E-state index contributed by atoms with van der Waals surface area (Å²) in [5, 5.41) is 0. The first-order chi connectivity index (χ1) is 6.64. The quantitative estimate of drug-likeness (QED) is 0.656. The van der Waals surface area contributed by atoms with E-state index in [1.165, 1.54) is 0 Å². The number of hydrogen-bond donors (Lipinski definition) is 0. The highest BCUT2D eigenvalue weighted by atomic mass is 19.3. The van der Waals surface area contributed by atoms with Crippen LogP contribution in [0.3, 0.4) is 0 Å². The predicted octanol–water partition coefficient (Wildman–Crippen LogP) is 3.43. The van der Waals surface area contributed by atoms with Gasteiger partial charge in [-0.05, 0) is 18.3 Å². The molecule has 0 amide bonds. The SMILES string of the molecule is CC(C)(C)C(=O)C1CC2(C1)CC(F)(F)C2. The van der Waals surface area contributed by atoms with Crippen LogP contribution < -0.4 is 0 Å². The van der Waals surface area contributed by atoms with Gasteiger partial charge in [0.1, 0.15) is 5.78 Å². The van der Waals surface area contributed by atoms with Crippen molar-refractivity contribution in [2.75, 3.05) is 0 Å². The fourth-order valence-corrected chi connectivity index (χ4v) is 3.12. The molecule has 86 valence electrons. The van der Waals surface area contributed by atoms with Crippen molar-refractivity contribution in [2.45, 2.75) is 52.4 Å². The average Bonchev–Trinajstić information content (AvgIpc) is 1.91. The van der Waals surface area contributed by atoms with Gasteiger partial charge in [0.2, 0.25) is 5.92 Å². The summed E-state index contributed by atoms with van der Waals surface area (Å²) >= 11 is 0. The molecule has 0 aliphatic heterocycles. The molecule has 0 aromatic carbocycles. The Bertz CT molecular complexity index is 285. The molecule has 0 aromatic rings. The van der Waals surface area contributed by atoms with E-state index in [1.807, 2.05) is 20.8 Å². The molecule has 1 spiro atoms. The molecule has 2 rings (SSSR count). The maximum absolute atomic E-state index is 12.7. The Morgan fingerprint density at radius 1 is 1.20 bits per heavy atom. The lowest BCUT2D eigenvalue weighted by Gasteiger charge is -2.57. The number of alkyl halides is 2. The van der Waals surface area contributed by atoms with Crippen molar-refractivity contribution in [1.82, 2.24) is 0 Å². The third-order valence-corrected chi connectivity index (χ3v) is 3.74. The molecular formula is C12H18F2O. The first kappa shape index (κ1) is 11.0. The van der Waals surface area contributed by atoms with Crippen molar-refractivity contribution in [3.05, 3.63) is 0 Å². The van der Waals surface area contributed by atoms with E-state index in [1.54, 1.807) is 0 Å². The van der Waals surface area contributed by atoms with E-state index >= 15 is 0 Å². The Morgan fingerprint density at radius 2 is 1.67 bits per heavy atom. The van der Waals surface area contributed by atoms with Crippen LogP contribution in [0, 0.1) is 16.7 Å². The Labute approximate surface area is 89.2 Å². The highest BCUT2D eigenvalue weighted by Crippen LogP contribution is 2.65. The predicted molar refractivity (Wildman–Crippen MR) is 53.8 cm³/mol. The summed E-state index contributed by atoms with van der Waals surface area (Å²) in [7, 11) is 0.